The van der Waals surface area contributed by atoms with Crippen LogP contribution < -0.4 is 0 Å². The molecule has 1 N–H and O–H groups in total. The van der Waals surface area contributed by atoms with Crippen LogP contribution >= 0.6 is 0 Å². The van der Waals surface area contributed by atoms with Crippen molar-refractivity contribution < 1.29 is 14.6 Å². The fraction of sp³-hybridized carbons (Fsp3) is 0.308. The molecule has 1 rings (SSSR count). The molecule has 1 aromatic carbocycles. The van der Waals surface area contributed by atoms with Crippen molar-refractivity contribution in [2.75, 3.05) is 7.11 Å². The van der Waals surface area contributed by atoms with E-state index in [9.17, 15) is 9.90 Å². The first-order valence-electron chi connectivity index (χ1n) is 5.16. The number of phenolic OH excluding ortho intramolecular Hbond substituents is 1. The predicted molar refractivity (Wildman–Crippen MR) is 62.3 cm³/mol. The van der Waals surface area contributed by atoms with Gasteiger partial charge >= 0.3 is 5.97 Å². The minimum Gasteiger partial charge on any atom is -0.508 e. The van der Waals surface area contributed by atoms with Crippen LogP contribution in [0.1, 0.15) is 17.5 Å². The lowest BCUT2D eigenvalue weighted by atomic mass is 10.1. The van der Waals surface area contributed by atoms with E-state index in [0.29, 0.717) is 18.6 Å². The molecule has 0 bridgehead atoms. The molecule has 0 aliphatic heterocycles. The van der Waals surface area contributed by atoms with Crippen molar-refractivity contribution in [1.29, 1.82) is 0 Å². The second kappa shape index (κ2) is 5.95. The van der Waals surface area contributed by atoms with E-state index in [1.807, 2.05) is 19.1 Å². The van der Waals surface area contributed by atoms with Crippen molar-refractivity contribution in [2.45, 2.75) is 19.8 Å². The molecule has 0 amide bonds. The second-order valence-electron chi connectivity index (χ2n) is 3.60. The Kier molecular flexibility index (Phi) is 4.58. The molecule has 3 nitrogen and oxygen atoms in total. The Bertz CT molecular complexity index is 394. The average Bonchev–Trinajstić information content (AvgIpc) is 2.28. The molecule has 16 heavy (non-hydrogen) atoms. The first kappa shape index (κ1) is 12.3. The number of carbonyl (C=O) groups excluding carboxylic acids is 1. The van der Waals surface area contributed by atoms with Crippen molar-refractivity contribution in [2.24, 2.45) is 0 Å². The summed E-state index contributed by atoms with van der Waals surface area (Å²) in [5.74, 6) is -0.0504. The van der Waals surface area contributed by atoms with Crippen LogP contribution in [0.25, 0.3) is 0 Å². The Labute approximate surface area is 95.4 Å². The first-order chi connectivity index (χ1) is 7.63. The summed E-state index contributed by atoms with van der Waals surface area (Å²) >= 11 is 0. The van der Waals surface area contributed by atoms with Crippen LogP contribution in [0, 0.1) is 6.92 Å². The number of allylic oxidation sites excluding steroid dienone is 1. The van der Waals surface area contributed by atoms with Crippen molar-refractivity contribution >= 4 is 5.97 Å². The van der Waals surface area contributed by atoms with E-state index >= 15 is 0 Å². The minimum absolute atomic E-state index is 0.303. The van der Waals surface area contributed by atoms with E-state index < -0.39 is 0 Å². The number of methoxy groups -OCH3 is 1. The van der Waals surface area contributed by atoms with Gasteiger partial charge in [-0.3, -0.25) is 0 Å². The van der Waals surface area contributed by atoms with Crippen LogP contribution in [0.2, 0.25) is 0 Å². The Morgan fingerprint density at radius 1 is 1.50 bits per heavy atom. The lowest BCUT2D eigenvalue weighted by Gasteiger charge is -2.03. The number of hydrogen-bond acceptors (Lipinski definition) is 3. The summed E-state index contributed by atoms with van der Waals surface area (Å²) in [7, 11) is 1.35. The Balaban J connectivity index is 2.51. The van der Waals surface area contributed by atoms with Crippen LogP contribution in [-0.4, -0.2) is 18.2 Å². The number of phenols is 1. The van der Waals surface area contributed by atoms with Gasteiger partial charge in [0.25, 0.3) is 0 Å². The van der Waals surface area contributed by atoms with Gasteiger partial charge in [0.2, 0.25) is 0 Å². The zero-order chi connectivity index (χ0) is 12.0. The van der Waals surface area contributed by atoms with Crippen LogP contribution in [0.4, 0.5) is 0 Å². The molecule has 0 spiro atoms. The lowest BCUT2D eigenvalue weighted by molar-refractivity contribution is -0.134. The molecular formula is C13H16O3. The number of ether oxygens (including phenoxy) is 1. The zero-order valence-corrected chi connectivity index (χ0v) is 9.56. The number of carbonyl (C=O) groups is 1. The van der Waals surface area contributed by atoms with E-state index in [0.717, 1.165) is 11.1 Å². The smallest absolute Gasteiger partial charge is 0.330 e. The Morgan fingerprint density at radius 3 is 2.94 bits per heavy atom. The highest BCUT2D eigenvalue weighted by Gasteiger charge is 2.00. The minimum atomic E-state index is -0.353. The quantitative estimate of drug-likeness (QED) is 0.626. The van der Waals surface area contributed by atoms with Crippen molar-refractivity contribution in [1.82, 2.24) is 0 Å². The third kappa shape index (κ3) is 3.77. The molecule has 86 valence electrons. The highest BCUT2D eigenvalue weighted by atomic mass is 16.5. The van der Waals surface area contributed by atoms with E-state index in [1.165, 1.54) is 13.2 Å². The highest BCUT2D eigenvalue weighted by molar-refractivity contribution is 5.81. The van der Waals surface area contributed by atoms with Gasteiger partial charge in [-0.15, -0.1) is 0 Å². The van der Waals surface area contributed by atoms with Gasteiger partial charge in [-0.05, 0) is 31.4 Å². The monoisotopic (exact) mass is 220 g/mol. The summed E-state index contributed by atoms with van der Waals surface area (Å²) in [5.41, 5.74) is 2.01. The fourth-order valence-corrected chi connectivity index (χ4v) is 1.40. The number of aromatic hydroxyl groups is 1. The number of hydrogen-bond donors (Lipinski definition) is 1. The maximum atomic E-state index is 10.8. The van der Waals surface area contributed by atoms with E-state index in [1.54, 1.807) is 12.1 Å². The molecule has 0 heterocycles. The fourth-order valence-electron chi connectivity index (χ4n) is 1.40. The molecule has 0 saturated heterocycles. The van der Waals surface area contributed by atoms with Crippen LogP contribution in [0.3, 0.4) is 0 Å². The van der Waals surface area contributed by atoms with Crippen LogP contribution in [0.15, 0.2) is 30.4 Å². The molecule has 0 radical (unpaired) electrons. The third-order valence-electron chi connectivity index (χ3n) is 2.27. The predicted octanol–water partition coefficient (Wildman–Crippen LogP) is 2.36. The van der Waals surface area contributed by atoms with Crippen LogP contribution in [-0.2, 0) is 16.0 Å². The Hall–Kier alpha value is -1.77. The van der Waals surface area contributed by atoms with Gasteiger partial charge in [0.1, 0.15) is 5.75 Å². The molecule has 0 fully saturated rings. The number of aryl methyl sites for hydroxylation is 2. The van der Waals surface area contributed by atoms with E-state index in [2.05, 4.69) is 4.74 Å². The SMILES string of the molecule is COC(=O)/C=C\CCc1cc(C)ccc1O. The van der Waals surface area contributed by atoms with Gasteiger partial charge in [-0.2, -0.15) is 0 Å². The standard InChI is InChI=1S/C13H16O3/c1-10-7-8-12(14)11(9-10)5-3-4-6-13(15)16-2/h4,6-9,14H,3,5H2,1-2H3/b6-4-. The molecule has 0 aliphatic carbocycles. The van der Waals surface area contributed by atoms with E-state index in [4.69, 9.17) is 0 Å². The van der Waals surface area contributed by atoms with Gasteiger partial charge in [0.05, 0.1) is 7.11 Å². The highest BCUT2D eigenvalue weighted by Crippen LogP contribution is 2.19. The molecule has 0 aliphatic rings. The van der Waals surface area contributed by atoms with Crippen molar-refractivity contribution in [3.8, 4) is 5.75 Å². The average molecular weight is 220 g/mol. The number of rotatable bonds is 4. The summed E-state index contributed by atoms with van der Waals surface area (Å²) in [4.78, 5) is 10.8. The summed E-state index contributed by atoms with van der Waals surface area (Å²) in [6, 6.07) is 5.50. The number of benzene rings is 1. The van der Waals surface area contributed by atoms with Crippen LogP contribution in [0.5, 0.6) is 5.75 Å². The molecule has 0 atom stereocenters. The van der Waals surface area contributed by atoms with E-state index in [-0.39, 0.29) is 5.97 Å². The van der Waals surface area contributed by atoms with Crippen molar-refractivity contribution in [3.05, 3.63) is 41.5 Å². The molecule has 3 heteroatoms. The largest absolute Gasteiger partial charge is 0.508 e. The van der Waals surface area contributed by atoms with Crippen molar-refractivity contribution in [3.63, 3.8) is 0 Å². The first-order valence-corrected chi connectivity index (χ1v) is 5.16. The lowest BCUT2D eigenvalue weighted by Crippen LogP contribution is -1.93. The molecule has 0 unspecified atom stereocenters. The van der Waals surface area contributed by atoms with Gasteiger partial charge < -0.3 is 9.84 Å². The summed E-state index contributed by atoms with van der Waals surface area (Å²) < 4.78 is 4.47. The molecular weight excluding hydrogens is 204 g/mol. The summed E-state index contributed by atoms with van der Waals surface area (Å²) in [5, 5.41) is 9.57. The third-order valence-corrected chi connectivity index (χ3v) is 2.27. The molecule has 0 aromatic heterocycles. The Morgan fingerprint density at radius 2 is 2.25 bits per heavy atom. The normalized spacial score (nSPS) is 10.6. The summed E-state index contributed by atoms with van der Waals surface area (Å²) in [6.45, 7) is 1.98. The zero-order valence-electron chi connectivity index (χ0n) is 9.56. The topological polar surface area (TPSA) is 46.5 Å². The molecule has 0 saturated carbocycles. The maximum Gasteiger partial charge on any atom is 0.330 e. The molecule has 1 aromatic rings. The van der Waals surface area contributed by atoms with Gasteiger partial charge in [0.15, 0.2) is 0 Å². The van der Waals surface area contributed by atoms with Gasteiger partial charge in [-0.1, -0.05) is 23.8 Å². The maximum absolute atomic E-state index is 10.8. The summed E-state index contributed by atoms with van der Waals surface area (Å²) in [6.07, 6.45) is 4.55. The number of esters is 1. The van der Waals surface area contributed by atoms with Gasteiger partial charge in [0, 0.05) is 6.08 Å². The van der Waals surface area contributed by atoms with Gasteiger partial charge in [-0.25, -0.2) is 4.79 Å². The second-order valence-corrected chi connectivity index (χ2v) is 3.60.